The van der Waals surface area contributed by atoms with Crippen LogP contribution in [-0.4, -0.2) is 13.0 Å². The van der Waals surface area contributed by atoms with Crippen LogP contribution in [-0.2, 0) is 16.5 Å². The van der Waals surface area contributed by atoms with Crippen molar-refractivity contribution in [1.29, 1.82) is 0 Å². The molecule has 1 aliphatic rings. The summed E-state index contributed by atoms with van der Waals surface area (Å²) in [6.07, 6.45) is 0.723. The molecule has 0 heterocycles. The molecule has 3 nitrogen and oxygen atoms in total. The van der Waals surface area contributed by atoms with E-state index in [0.717, 1.165) is 23.1 Å². The van der Waals surface area contributed by atoms with Gasteiger partial charge in [-0.3, -0.25) is 4.55 Å². The fourth-order valence-corrected chi connectivity index (χ4v) is 4.20. The molecule has 0 amide bonds. The first-order valence-corrected chi connectivity index (χ1v) is 8.88. The Hall–Kier alpha value is -1.65. The molecule has 0 aromatic heterocycles. The lowest BCUT2D eigenvalue weighted by molar-refractivity contribution is 0.482. The van der Waals surface area contributed by atoms with E-state index in [1.807, 2.05) is 6.92 Å². The van der Waals surface area contributed by atoms with Gasteiger partial charge in [0, 0.05) is 0 Å². The Morgan fingerprint density at radius 3 is 2.41 bits per heavy atom. The number of hydrogen-bond donors (Lipinski definition) is 1. The summed E-state index contributed by atoms with van der Waals surface area (Å²) >= 11 is 0. The standard InChI is InChI=1S/C18H20O3S/c1-10(2)13-5-6-15-14(8-13)9-16-12(4)17(22(19,20)21)7-11(3)18(15)16/h5-8,10H,9H2,1-4H3,(H,19,20,21). The highest BCUT2D eigenvalue weighted by Gasteiger charge is 2.27. The Labute approximate surface area is 131 Å². The quantitative estimate of drug-likeness (QED) is 0.719. The first kappa shape index (κ1) is 15.3. The molecular formula is C18H20O3S. The molecule has 4 heteroatoms. The van der Waals surface area contributed by atoms with Crippen LogP contribution in [0.1, 0.15) is 47.6 Å². The number of hydrogen-bond acceptors (Lipinski definition) is 2. The summed E-state index contributed by atoms with van der Waals surface area (Å²) < 4.78 is 32.6. The third-order valence-electron chi connectivity index (χ3n) is 4.58. The summed E-state index contributed by atoms with van der Waals surface area (Å²) in [6, 6.07) is 8.07. The summed E-state index contributed by atoms with van der Waals surface area (Å²) in [5.74, 6) is 0.463. The minimum atomic E-state index is -4.19. The molecule has 2 aromatic carbocycles. The minimum Gasteiger partial charge on any atom is -0.282 e. The zero-order valence-corrected chi connectivity index (χ0v) is 14.1. The Balaban J connectivity index is 2.25. The third-order valence-corrected chi connectivity index (χ3v) is 5.56. The fourth-order valence-electron chi connectivity index (χ4n) is 3.37. The highest BCUT2D eigenvalue weighted by molar-refractivity contribution is 7.85. The average Bonchev–Trinajstić information content (AvgIpc) is 2.80. The Morgan fingerprint density at radius 2 is 1.82 bits per heavy atom. The van der Waals surface area contributed by atoms with Gasteiger partial charge in [0.15, 0.2) is 0 Å². The molecule has 0 unspecified atom stereocenters. The highest BCUT2D eigenvalue weighted by atomic mass is 32.2. The topological polar surface area (TPSA) is 54.4 Å². The summed E-state index contributed by atoms with van der Waals surface area (Å²) in [6.45, 7) is 8.00. The van der Waals surface area contributed by atoms with Crippen LogP contribution in [0.15, 0.2) is 29.2 Å². The fraction of sp³-hybridized carbons (Fsp3) is 0.333. The second-order valence-corrected chi connectivity index (χ2v) is 7.78. The molecule has 0 fully saturated rings. The van der Waals surface area contributed by atoms with Gasteiger partial charge in [-0.05, 0) is 71.2 Å². The van der Waals surface area contributed by atoms with Crippen LogP contribution in [0.25, 0.3) is 11.1 Å². The molecule has 0 aliphatic heterocycles. The van der Waals surface area contributed by atoms with Gasteiger partial charge in [-0.15, -0.1) is 0 Å². The molecule has 1 N–H and O–H groups in total. The van der Waals surface area contributed by atoms with E-state index in [0.29, 0.717) is 11.5 Å². The molecule has 0 spiro atoms. The lowest BCUT2D eigenvalue weighted by atomic mass is 9.95. The lowest BCUT2D eigenvalue weighted by Gasteiger charge is -2.12. The highest BCUT2D eigenvalue weighted by Crippen LogP contribution is 2.43. The molecule has 2 aromatic rings. The second kappa shape index (κ2) is 4.93. The Morgan fingerprint density at radius 1 is 1.14 bits per heavy atom. The van der Waals surface area contributed by atoms with Crippen LogP contribution in [0.5, 0.6) is 0 Å². The van der Waals surface area contributed by atoms with Crippen molar-refractivity contribution in [1.82, 2.24) is 0 Å². The van der Waals surface area contributed by atoms with E-state index in [9.17, 15) is 13.0 Å². The van der Waals surface area contributed by atoms with Crippen molar-refractivity contribution < 1.29 is 13.0 Å². The lowest BCUT2D eigenvalue weighted by Crippen LogP contribution is -2.04. The summed E-state index contributed by atoms with van der Waals surface area (Å²) in [5, 5.41) is 0. The maximum absolute atomic E-state index is 11.6. The second-order valence-electron chi connectivity index (χ2n) is 6.39. The molecule has 1 aliphatic carbocycles. The van der Waals surface area contributed by atoms with Gasteiger partial charge < -0.3 is 0 Å². The van der Waals surface area contributed by atoms with Crippen molar-refractivity contribution in [3.63, 3.8) is 0 Å². The van der Waals surface area contributed by atoms with Gasteiger partial charge in [0.2, 0.25) is 0 Å². The van der Waals surface area contributed by atoms with Crippen molar-refractivity contribution in [2.75, 3.05) is 0 Å². The zero-order chi connectivity index (χ0) is 16.2. The van der Waals surface area contributed by atoms with Crippen molar-refractivity contribution in [3.05, 3.63) is 52.1 Å². The number of fused-ring (bicyclic) bond motifs is 3. The number of aryl methyl sites for hydroxylation is 1. The Bertz CT molecular complexity index is 878. The maximum Gasteiger partial charge on any atom is 0.294 e. The number of benzene rings is 2. The summed E-state index contributed by atoms with van der Waals surface area (Å²) in [5.41, 5.74) is 7.40. The smallest absolute Gasteiger partial charge is 0.282 e. The van der Waals surface area contributed by atoms with Crippen molar-refractivity contribution in [2.24, 2.45) is 0 Å². The van der Waals surface area contributed by atoms with E-state index in [1.165, 1.54) is 16.7 Å². The van der Waals surface area contributed by atoms with Crippen LogP contribution >= 0.6 is 0 Å². The molecule has 22 heavy (non-hydrogen) atoms. The third kappa shape index (κ3) is 2.27. The van der Waals surface area contributed by atoms with Crippen LogP contribution in [0.4, 0.5) is 0 Å². The molecular weight excluding hydrogens is 296 g/mol. The van der Waals surface area contributed by atoms with E-state index in [-0.39, 0.29) is 4.90 Å². The van der Waals surface area contributed by atoms with E-state index in [2.05, 4.69) is 32.0 Å². The van der Waals surface area contributed by atoms with E-state index in [1.54, 1.807) is 13.0 Å². The van der Waals surface area contributed by atoms with Gasteiger partial charge >= 0.3 is 0 Å². The monoisotopic (exact) mass is 316 g/mol. The first-order valence-electron chi connectivity index (χ1n) is 7.44. The zero-order valence-electron chi connectivity index (χ0n) is 13.3. The molecule has 3 rings (SSSR count). The first-order chi connectivity index (χ1) is 10.2. The minimum absolute atomic E-state index is 0.0284. The van der Waals surface area contributed by atoms with Gasteiger partial charge in [-0.25, -0.2) is 0 Å². The van der Waals surface area contributed by atoms with Gasteiger partial charge in [-0.1, -0.05) is 32.0 Å². The van der Waals surface area contributed by atoms with Crippen LogP contribution in [0.3, 0.4) is 0 Å². The van der Waals surface area contributed by atoms with Gasteiger partial charge in [-0.2, -0.15) is 8.42 Å². The van der Waals surface area contributed by atoms with Crippen LogP contribution < -0.4 is 0 Å². The number of rotatable bonds is 2. The Kier molecular flexibility index (Phi) is 3.42. The van der Waals surface area contributed by atoms with Crippen molar-refractivity contribution in [3.8, 4) is 11.1 Å². The van der Waals surface area contributed by atoms with Crippen LogP contribution in [0.2, 0.25) is 0 Å². The normalized spacial score (nSPS) is 13.4. The predicted octanol–water partition coefficient (Wildman–Crippen LogP) is 4.24. The predicted molar refractivity (Wildman–Crippen MR) is 88.1 cm³/mol. The summed E-state index contributed by atoms with van der Waals surface area (Å²) in [7, 11) is -4.19. The molecule has 0 atom stereocenters. The van der Waals surface area contributed by atoms with Gasteiger partial charge in [0.05, 0.1) is 4.90 Å². The molecule has 116 valence electrons. The molecule has 0 saturated heterocycles. The van der Waals surface area contributed by atoms with Crippen molar-refractivity contribution >= 4 is 10.1 Å². The van der Waals surface area contributed by atoms with E-state index in [4.69, 9.17) is 0 Å². The molecule has 0 radical (unpaired) electrons. The van der Waals surface area contributed by atoms with Crippen molar-refractivity contribution in [2.45, 2.75) is 44.9 Å². The van der Waals surface area contributed by atoms with Gasteiger partial charge in [0.25, 0.3) is 10.1 Å². The molecule has 0 saturated carbocycles. The van der Waals surface area contributed by atoms with E-state index < -0.39 is 10.1 Å². The SMILES string of the molecule is Cc1cc(S(=O)(=O)O)c(C)c2c1-c1ccc(C(C)C)cc1C2. The summed E-state index contributed by atoms with van der Waals surface area (Å²) in [4.78, 5) is 0.0284. The largest absolute Gasteiger partial charge is 0.294 e. The van der Waals surface area contributed by atoms with E-state index >= 15 is 0 Å². The van der Waals surface area contributed by atoms with Crippen LogP contribution in [0, 0.1) is 13.8 Å². The van der Waals surface area contributed by atoms with Gasteiger partial charge in [0.1, 0.15) is 0 Å². The molecule has 0 bridgehead atoms. The maximum atomic E-state index is 11.6. The average molecular weight is 316 g/mol.